The Hall–Kier alpha value is -3.32. The Labute approximate surface area is 193 Å². The summed E-state index contributed by atoms with van der Waals surface area (Å²) in [5.41, 5.74) is 1.57. The van der Waals surface area contributed by atoms with Gasteiger partial charge in [0, 0.05) is 36.3 Å². The zero-order valence-electron chi connectivity index (χ0n) is 18.4. The number of hydrogen-bond donors (Lipinski definition) is 3. The minimum atomic E-state index is -0.593. The molecule has 0 bridgehead atoms. The number of ether oxygens (including phenoxy) is 1. The zero-order chi connectivity index (χ0) is 23.6. The molecule has 0 aliphatic rings. The average molecular weight is 458 g/mol. The number of alkyl carbamates (subject to hydrolysis) is 1. The van der Waals surface area contributed by atoms with Crippen molar-refractivity contribution in [2.45, 2.75) is 39.3 Å². The summed E-state index contributed by atoms with van der Waals surface area (Å²) in [6.07, 6.45) is 2.63. The number of carbonyl (C=O) groups is 3. The second-order valence-electron chi connectivity index (χ2n) is 7.99. The number of anilines is 1. The highest BCUT2D eigenvalue weighted by Crippen LogP contribution is 2.16. The van der Waals surface area contributed by atoms with Gasteiger partial charge in [-0.05, 0) is 56.2 Å². The monoisotopic (exact) mass is 457 g/mol. The van der Waals surface area contributed by atoms with E-state index in [-0.39, 0.29) is 31.3 Å². The number of para-hydroxylation sites is 1. The summed E-state index contributed by atoms with van der Waals surface area (Å²) in [4.78, 5) is 36.0. The lowest BCUT2D eigenvalue weighted by Crippen LogP contribution is -2.35. The van der Waals surface area contributed by atoms with E-state index in [0.29, 0.717) is 10.7 Å². The van der Waals surface area contributed by atoms with Crippen LogP contribution in [0.15, 0.2) is 54.6 Å². The number of nitrogens with one attached hydrogen (secondary N) is 3. The molecule has 0 aliphatic heterocycles. The Bertz CT molecular complexity index is 983. The van der Waals surface area contributed by atoms with Crippen LogP contribution < -0.4 is 16.0 Å². The van der Waals surface area contributed by atoms with Gasteiger partial charge in [-0.3, -0.25) is 9.59 Å². The van der Waals surface area contributed by atoms with Gasteiger partial charge < -0.3 is 20.7 Å². The van der Waals surface area contributed by atoms with E-state index in [2.05, 4.69) is 16.0 Å². The van der Waals surface area contributed by atoms with Gasteiger partial charge >= 0.3 is 6.09 Å². The summed E-state index contributed by atoms with van der Waals surface area (Å²) >= 11 is 5.95. The van der Waals surface area contributed by atoms with Crippen molar-refractivity contribution in [1.82, 2.24) is 10.6 Å². The lowest BCUT2D eigenvalue weighted by Gasteiger charge is -2.19. The highest BCUT2D eigenvalue weighted by Gasteiger charge is 2.16. The Kier molecular flexibility index (Phi) is 9.28. The molecule has 3 N–H and O–H groups in total. The van der Waals surface area contributed by atoms with Crippen LogP contribution in [0.25, 0.3) is 6.08 Å². The molecule has 2 aromatic rings. The predicted octanol–water partition coefficient (Wildman–Crippen LogP) is 4.52. The number of rotatable bonds is 8. The number of benzene rings is 2. The van der Waals surface area contributed by atoms with Gasteiger partial charge in [-0.2, -0.15) is 0 Å². The Morgan fingerprint density at radius 2 is 1.78 bits per heavy atom. The van der Waals surface area contributed by atoms with Crippen molar-refractivity contribution in [1.29, 1.82) is 0 Å². The van der Waals surface area contributed by atoms with Crippen molar-refractivity contribution < 1.29 is 19.1 Å². The molecule has 0 spiro atoms. The second kappa shape index (κ2) is 11.9. The third-order valence-corrected chi connectivity index (χ3v) is 4.28. The Balaban J connectivity index is 1.83. The smallest absolute Gasteiger partial charge is 0.407 e. The summed E-state index contributed by atoms with van der Waals surface area (Å²) in [5.74, 6) is -0.534. The normalized spacial score (nSPS) is 11.1. The van der Waals surface area contributed by atoms with Crippen molar-refractivity contribution in [3.63, 3.8) is 0 Å². The third-order valence-electron chi connectivity index (χ3n) is 4.05. The molecule has 32 heavy (non-hydrogen) atoms. The standard InChI is InChI=1S/C24H28ClN3O4/c1-24(2,3)32-23(31)26-14-13-21(29)27-16-18-8-4-5-10-20(18)28-22(30)12-11-17-7-6-9-19(25)15-17/h4-12,15H,13-14,16H2,1-3H3,(H,26,31)(H,27,29)(H,28,30)/b12-11+. The molecule has 8 heteroatoms. The lowest BCUT2D eigenvalue weighted by atomic mass is 10.1. The minimum absolute atomic E-state index is 0.107. The molecule has 2 aromatic carbocycles. The van der Waals surface area contributed by atoms with Gasteiger partial charge in [-0.15, -0.1) is 0 Å². The van der Waals surface area contributed by atoms with Gasteiger partial charge in [-0.1, -0.05) is 41.9 Å². The van der Waals surface area contributed by atoms with Crippen LogP contribution in [-0.2, 0) is 20.9 Å². The molecular weight excluding hydrogens is 430 g/mol. The Morgan fingerprint density at radius 1 is 1.03 bits per heavy atom. The summed E-state index contributed by atoms with van der Waals surface area (Å²) in [7, 11) is 0. The molecule has 0 saturated carbocycles. The van der Waals surface area contributed by atoms with E-state index in [9.17, 15) is 14.4 Å². The van der Waals surface area contributed by atoms with Crippen LogP contribution in [0, 0.1) is 0 Å². The first-order valence-corrected chi connectivity index (χ1v) is 10.6. The van der Waals surface area contributed by atoms with E-state index in [1.54, 1.807) is 57.2 Å². The number of hydrogen-bond acceptors (Lipinski definition) is 4. The van der Waals surface area contributed by atoms with Crippen molar-refractivity contribution >= 4 is 41.3 Å². The van der Waals surface area contributed by atoms with Crippen LogP contribution in [0.1, 0.15) is 38.3 Å². The minimum Gasteiger partial charge on any atom is -0.444 e. The first-order valence-electron chi connectivity index (χ1n) is 10.2. The molecule has 0 aromatic heterocycles. The first kappa shape index (κ1) is 24.9. The molecule has 0 radical (unpaired) electrons. The van der Waals surface area contributed by atoms with Gasteiger partial charge in [-0.25, -0.2) is 4.79 Å². The third kappa shape index (κ3) is 9.66. The predicted molar refractivity (Wildman–Crippen MR) is 126 cm³/mol. The summed E-state index contributed by atoms with van der Waals surface area (Å²) in [6, 6.07) is 14.4. The van der Waals surface area contributed by atoms with Gasteiger partial charge in [0.2, 0.25) is 11.8 Å². The first-order chi connectivity index (χ1) is 15.1. The van der Waals surface area contributed by atoms with Crippen molar-refractivity contribution in [3.8, 4) is 0 Å². The number of carbonyl (C=O) groups excluding carboxylic acids is 3. The molecule has 0 saturated heterocycles. The number of amides is 3. The maximum Gasteiger partial charge on any atom is 0.407 e. The quantitative estimate of drug-likeness (QED) is 0.507. The summed E-state index contributed by atoms with van der Waals surface area (Å²) < 4.78 is 5.12. The van der Waals surface area contributed by atoms with Crippen LogP contribution in [0.2, 0.25) is 5.02 Å². The van der Waals surface area contributed by atoms with Crippen LogP contribution in [-0.4, -0.2) is 30.1 Å². The molecule has 7 nitrogen and oxygen atoms in total. The fraction of sp³-hybridized carbons (Fsp3) is 0.292. The van der Waals surface area contributed by atoms with E-state index in [1.807, 2.05) is 18.2 Å². The molecule has 3 amide bonds. The SMILES string of the molecule is CC(C)(C)OC(=O)NCCC(=O)NCc1ccccc1NC(=O)/C=C/c1cccc(Cl)c1. The van der Waals surface area contributed by atoms with Crippen molar-refractivity contribution in [2.75, 3.05) is 11.9 Å². The maximum atomic E-state index is 12.3. The fourth-order valence-corrected chi connectivity index (χ4v) is 2.83. The van der Waals surface area contributed by atoms with Crippen LogP contribution in [0.5, 0.6) is 0 Å². The molecule has 0 atom stereocenters. The molecule has 0 fully saturated rings. The second-order valence-corrected chi connectivity index (χ2v) is 8.43. The van der Waals surface area contributed by atoms with E-state index < -0.39 is 11.7 Å². The van der Waals surface area contributed by atoms with Gasteiger partial charge in [0.25, 0.3) is 0 Å². The van der Waals surface area contributed by atoms with Gasteiger partial charge in [0.1, 0.15) is 5.60 Å². The fourth-order valence-electron chi connectivity index (χ4n) is 2.63. The summed E-state index contributed by atoms with van der Waals surface area (Å²) in [5, 5.41) is 8.73. The van der Waals surface area contributed by atoms with Crippen molar-refractivity contribution in [2.24, 2.45) is 0 Å². The maximum absolute atomic E-state index is 12.3. The highest BCUT2D eigenvalue weighted by atomic mass is 35.5. The number of halogens is 1. The molecule has 2 rings (SSSR count). The van der Waals surface area contributed by atoms with Gasteiger partial charge in [0.15, 0.2) is 0 Å². The average Bonchev–Trinajstić information content (AvgIpc) is 2.70. The highest BCUT2D eigenvalue weighted by molar-refractivity contribution is 6.30. The van der Waals surface area contributed by atoms with Crippen LogP contribution in [0.4, 0.5) is 10.5 Å². The molecule has 0 heterocycles. The molecular formula is C24H28ClN3O4. The summed E-state index contributed by atoms with van der Waals surface area (Å²) in [6.45, 7) is 5.70. The topological polar surface area (TPSA) is 96.5 Å². The Morgan fingerprint density at radius 3 is 2.50 bits per heavy atom. The molecule has 170 valence electrons. The van der Waals surface area contributed by atoms with E-state index in [4.69, 9.17) is 16.3 Å². The zero-order valence-corrected chi connectivity index (χ0v) is 19.2. The van der Waals surface area contributed by atoms with Crippen LogP contribution >= 0.6 is 11.6 Å². The molecule has 0 unspecified atom stereocenters. The van der Waals surface area contributed by atoms with Crippen molar-refractivity contribution in [3.05, 3.63) is 70.8 Å². The van der Waals surface area contributed by atoms with E-state index in [0.717, 1.165) is 11.1 Å². The largest absolute Gasteiger partial charge is 0.444 e. The van der Waals surface area contributed by atoms with Crippen LogP contribution in [0.3, 0.4) is 0 Å². The lowest BCUT2D eigenvalue weighted by molar-refractivity contribution is -0.121. The van der Waals surface area contributed by atoms with E-state index >= 15 is 0 Å². The van der Waals surface area contributed by atoms with E-state index in [1.165, 1.54) is 6.08 Å². The van der Waals surface area contributed by atoms with Gasteiger partial charge in [0.05, 0.1) is 0 Å². The molecule has 0 aliphatic carbocycles.